The minimum absolute atomic E-state index is 0. The molecule has 0 radical (unpaired) electrons. The van der Waals surface area contributed by atoms with Crippen molar-refractivity contribution in [2.75, 3.05) is 0 Å². The predicted octanol–water partition coefficient (Wildman–Crippen LogP) is -1.58. The molecule has 1 aromatic rings. The van der Waals surface area contributed by atoms with Crippen LogP contribution in [0, 0.1) is 13.0 Å². The fraction of sp³-hybridized carbons (Fsp3) is 0.143. The summed E-state index contributed by atoms with van der Waals surface area (Å²) in [5.74, 6) is 0. The van der Waals surface area contributed by atoms with Crippen molar-refractivity contribution in [1.29, 1.82) is 0 Å². The summed E-state index contributed by atoms with van der Waals surface area (Å²) in [5.41, 5.74) is 1.27. The molecule has 9 heavy (non-hydrogen) atoms. The molecule has 0 nitrogen and oxygen atoms in total. The molecule has 0 spiro atoms. The van der Waals surface area contributed by atoms with Crippen LogP contribution in [0.1, 0.15) is 5.56 Å². The molecule has 0 heterocycles. The van der Waals surface area contributed by atoms with E-state index in [1.54, 1.807) is 0 Å². The number of benzene rings is 1. The second kappa shape index (κ2) is 6.58. The fourth-order valence-corrected chi connectivity index (χ4v) is 0.483. The minimum atomic E-state index is 0. The Balaban J connectivity index is 0. The van der Waals surface area contributed by atoms with Crippen LogP contribution >= 0.6 is 0 Å². The van der Waals surface area contributed by atoms with Crippen LogP contribution in [0.15, 0.2) is 24.3 Å². The first kappa shape index (κ1) is 12.2. The van der Waals surface area contributed by atoms with Gasteiger partial charge in [0.1, 0.15) is 0 Å². The first-order valence-corrected chi connectivity index (χ1v) is 2.32. The van der Waals surface area contributed by atoms with Gasteiger partial charge in [-0.2, -0.15) is 35.9 Å². The van der Waals surface area contributed by atoms with Gasteiger partial charge < -0.3 is 17.0 Å². The Hall–Kier alpha value is 0.466. The monoisotopic (exact) mass is 194 g/mol. The van der Waals surface area contributed by atoms with E-state index in [4.69, 9.17) is 0 Å². The van der Waals surface area contributed by atoms with Crippen LogP contribution in [0.4, 0.5) is 0 Å². The molecule has 0 aliphatic rings. The van der Waals surface area contributed by atoms with Gasteiger partial charge in [0.15, 0.2) is 0 Å². The van der Waals surface area contributed by atoms with E-state index in [0.29, 0.717) is 0 Å². The third-order valence-corrected chi connectivity index (χ3v) is 0.863. The van der Waals surface area contributed by atoms with Gasteiger partial charge in [-0.05, 0) is 0 Å². The summed E-state index contributed by atoms with van der Waals surface area (Å²) in [4.78, 5) is 0. The average molecular weight is 195 g/mol. The Labute approximate surface area is 82.6 Å². The maximum atomic E-state index is 2.96. The molecule has 0 unspecified atom stereocenters. The van der Waals surface area contributed by atoms with Gasteiger partial charge >= 0.3 is 23.1 Å². The quantitative estimate of drug-likeness (QED) is 0.346. The topological polar surface area (TPSA) is 0 Å². The normalized spacial score (nSPS) is 6.78. The summed E-state index contributed by atoms with van der Waals surface area (Å²) in [6.45, 7) is 2.05. The van der Waals surface area contributed by atoms with Gasteiger partial charge in [0.2, 0.25) is 0 Å². The molecule has 0 aliphatic heterocycles. The zero-order chi connectivity index (χ0) is 5.11. The minimum Gasteiger partial charge on any atom is -1.00 e. The van der Waals surface area contributed by atoms with Crippen LogP contribution in [0.5, 0.6) is 0 Å². The molecule has 0 amide bonds. The van der Waals surface area contributed by atoms with Crippen molar-refractivity contribution in [3.8, 4) is 0 Å². The van der Waals surface area contributed by atoms with Crippen molar-refractivity contribution >= 4 is 23.1 Å². The molecule has 1 rings (SSSR count). The van der Waals surface area contributed by atoms with Crippen LogP contribution in [-0.2, 0) is 0 Å². The summed E-state index contributed by atoms with van der Waals surface area (Å²) in [6, 6.07) is 10.8. The maximum Gasteiger partial charge on any atom is 2.00 e. The molecule has 0 aliphatic carbocycles. The fourth-order valence-electron chi connectivity index (χ4n) is 0.483. The van der Waals surface area contributed by atoms with Gasteiger partial charge in [-0.1, -0.05) is 6.92 Å². The molecule has 44 valence electrons. The largest absolute Gasteiger partial charge is 2.00 e. The summed E-state index contributed by atoms with van der Waals surface area (Å²) in [5, 5.41) is 0. The first-order valence-electron chi connectivity index (χ1n) is 2.32. The van der Waals surface area contributed by atoms with Crippen LogP contribution in [-0.4, -0.2) is 23.1 Å². The van der Waals surface area contributed by atoms with E-state index in [1.165, 1.54) is 5.56 Å². The van der Waals surface area contributed by atoms with E-state index in [1.807, 2.05) is 18.2 Å². The summed E-state index contributed by atoms with van der Waals surface area (Å²) in [6.07, 6.45) is 0. The molecule has 0 aromatic heterocycles. The summed E-state index contributed by atoms with van der Waals surface area (Å²) >= 11 is 0. The second-order valence-corrected chi connectivity index (χ2v) is 1.58. The van der Waals surface area contributed by atoms with E-state index in [0.717, 1.165) is 0 Å². The van der Waals surface area contributed by atoms with Gasteiger partial charge in [0, 0.05) is 0 Å². The molecule has 0 saturated heterocycles. The van der Waals surface area contributed by atoms with Crippen molar-refractivity contribution in [3.63, 3.8) is 0 Å². The summed E-state index contributed by atoms with van der Waals surface area (Å²) < 4.78 is 0. The maximum absolute atomic E-state index is 2.96. The van der Waals surface area contributed by atoms with Gasteiger partial charge in [-0.15, -0.1) is 0 Å². The molecule has 0 N–H and O–H groups in total. The Morgan fingerprint density at radius 2 is 2.11 bits per heavy atom. The van der Waals surface area contributed by atoms with E-state index in [2.05, 4.69) is 19.1 Å². The van der Waals surface area contributed by atoms with E-state index in [9.17, 15) is 0 Å². The van der Waals surface area contributed by atoms with Gasteiger partial charge in [0.05, 0.1) is 0 Å². The average Bonchev–Trinajstić information content (AvgIpc) is 1.69. The molecule has 0 atom stereocenters. The molecular formula is C7H7BrMg. The van der Waals surface area contributed by atoms with E-state index < -0.39 is 0 Å². The zero-order valence-electron chi connectivity index (χ0n) is 5.39. The van der Waals surface area contributed by atoms with Crippen LogP contribution < -0.4 is 17.0 Å². The standard InChI is InChI=1S/C7H7.BrH.Mg/c1-7-5-3-2-4-6-7;;/h2-3,5-6H,1H3;1H;/q-1;;+2/p-1. The Morgan fingerprint density at radius 1 is 1.44 bits per heavy atom. The number of aryl methyl sites for hydroxylation is 1. The summed E-state index contributed by atoms with van der Waals surface area (Å²) in [7, 11) is 0. The number of hydrogen-bond acceptors (Lipinski definition) is 0. The van der Waals surface area contributed by atoms with Crippen LogP contribution in [0.25, 0.3) is 0 Å². The Morgan fingerprint density at radius 3 is 2.33 bits per heavy atom. The van der Waals surface area contributed by atoms with Gasteiger partial charge in [-0.3, -0.25) is 0 Å². The van der Waals surface area contributed by atoms with Crippen molar-refractivity contribution < 1.29 is 17.0 Å². The molecule has 0 bridgehead atoms. The molecule has 0 saturated carbocycles. The van der Waals surface area contributed by atoms with Gasteiger partial charge in [0.25, 0.3) is 0 Å². The van der Waals surface area contributed by atoms with Crippen LogP contribution in [0.3, 0.4) is 0 Å². The van der Waals surface area contributed by atoms with E-state index in [-0.39, 0.29) is 40.0 Å². The van der Waals surface area contributed by atoms with Crippen molar-refractivity contribution in [3.05, 3.63) is 35.9 Å². The SMILES string of the molecule is Cc1c[c-]ccc1.[Br-].[Mg+2]. The number of rotatable bonds is 0. The molecule has 2 heteroatoms. The number of hydrogen-bond donors (Lipinski definition) is 0. The second-order valence-electron chi connectivity index (χ2n) is 1.58. The van der Waals surface area contributed by atoms with Gasteiger partial charge in [-0.25, -0.2) is 0 Å². The Kier molecular flexibility index (Phi) is 8.90. The van der Waals surface area contributed by atoms with Crippen molar-refractivity contribution in [2.45, 2.75) is 6.92 Å². The van der Waals surface area contributed by atoms with Crippen molar-refractivity contribution in [2.24, 2.45) is 0 Å². The predicted molar refractivity (Wildman–Crippen MR) is 35.8 cm³/mol. The molecule has 0 fully saturated rings. The smallest absolute Gasteiger partial charge is 1.00 e. The van der Waals surface area contributed by atoms with Crippen LogP contribution in [0.2, 0.25) is 0 Å². The molecular weight excluding hydrogens is 188 g/mol. The van der Waals surface area contributed by atoms with Crippen molar-refractivity contribution in [1.82, 2.24) is 0 Å². The first-order chi connectivity index (χ1) is 3.39. The Bertz CT molecular complexity index is 139. The third-order valence-electron chi connectivity index (χ3n) is 0.863. The zero-order valence-corrected chi connectivity index (χ0v) is 8.39. The molecule has 1 aromatic carbocycles. The van der Waals surface area contributed by atoms with E-state index >= 15 is 0 Å². The number of halogens is 1. The third kappa shape index (κ3) is 4.94.